The van der Waals surface area contributed by atoms with Gasteiger partial charge in [0.2, 0.25) is 0 Å². The van der Waals surface area contributed by atoms with Crippen molar-refractivity contribution >= 4 is 21.8 Å². The number of nitrogens with zero attached hydrogens (tertiary/aromatic N) is 2. The third kappa shape index (κ3) is 4.45. The summed E-state index contributed by atoms with van der Waals surface area (Å²) in [6.45, 7) is 0. The Morgan fingerprint density at radius 2 is 1.07 bits per heavy atom. The number of pyridine rings is 2. The van der Waals surface area contributed by atoms with Crippen LogP contribution in [0.5, 0.6) is 0 Å². The van der Waals surface area contributed by atoms with Crippen LogP contribution in [0, 0.1) is 0 Å². The molecule has 0 aliphatic rings. The third-order valence-electron chi connectivity index (χ3n) is 4.23. The van der Waals surface area contributed by atoms with Crippen molar-refractivity contribution < 1.29 is 19.5 Å². The molecule has 0 radical (unpaired) electrons. The van der Waals surface area contributed by atoms with E-state index >= 15 is 0 Å². The van der Waals surface area contributed by atoms with Gasteiger partial charge in [-0.25, -0.2) is 0 Å². The molecule has 0 aliphatic heterocycles. The van der Waals surface area contributed by atoms with Gasteiger partial charge in [-0.3, -0.25) is 9.97 Å². The Labute approximate surface area is 171 Å². The topological polar surface area (TPSA) is 25.8 Å². The Morgan fingerprint density at radius 3 is 1.74 bits per heavy atom. The number of aromatic nitrogens is 2. The Morgan fingerprint density at radius 1 is 0.481 bits per heavy atom. The average Bonchev–Trinajstić information content (AvgIpc) is 2.75. The van der Waals surface area contributed by atoms with E-state index in [1.165, 1.54) is 11.1 Å². The molecular formula is C24H18N2Ru. The first-order valence-corrected chi connectivity index (χ1v) is 8.61. The van der Waals surface area contributed by atoms with Crippen molar-refractivity contribution in [1.29, 1.82) is 0 Å². The summed E-state index contributed by atoms with van der Waals surface area (Å²) in [5, 5.41) is 2.28. The van der Waals surface area contributed by atoms with E-state index in [0.717, 1.165) is 21.8 Å². The van der Waals surface area contributed by atoms with Crippen LogP contribution in [0.4, 0.5) is 0 Å². The molecule has 5 aromatic rings. The maximum atomic E-state index is 4.37. The van der Waals surface area contributed by atoms with E-state index in [4.69, 9.17) is 0 Å². The Bertz CT molecular complexity index is 1030. The van der Waals surface area contributed by atoms with Crippen molar-refractivity contribution in [2.45, 2.75) is 0 Å². The molecule has 2 nitrogen and oxygen atoms in total. The van der Waals surface area contributed by atoms with E-state index in [-0.39, 0.29) is 19.5 Å². The summed E-state index contributed by atoms with van der Waals surface area (Å²) < 4.78 is 0. The van der Waals surface area contributed by atoms with Crippen LogP contribution in [0.15, 0.2) is 109 Å². The van der Waals surface area contributed by atoms with E-state index in [2.05, 4.69) is 76.7 Å². The monoisotopic (exact) mass is 436 g/mol. The molecule has 0 bridgehead atoms. The summed E-state index contributed by atoms with van der Waals surface area (Å²) in [5.41, 5.74) is 4.58. The first-order chi connectivity index (χ1) is 12.9. The summed E-state index contributed by atoms with van der Waals surface area (Å²) in [7, 11) is 0. The second-order valence-corrected chi connectivity index (χ2v) is 5.94. The number of fused-ring (bicyclic) bond motifs is 3. The minimum atomic E-state index is 0. The normalized spacial score (nSPS) is 9.93. The number of hydrogen-bond acceptors (Lipinski definition) is 2. The minimum Gasteiger partial charge on any atom is -0.256 e. The van der Waals surface area contributed by atoms with Gasteiger partial charge in [0.1, 0.15) is 0 Å². The van der Waals surface area contributed by atoms with Crippen LogP contribution in [-0.2, 0) is 19.5 Å². The smallest absolute Gasteiger partial charge is 0.0795 e. The first-order valence-electron chi connectivity index (χ1n) is 8.61. The molecule has 3 aromatic carbocycles. The van der Waals surface area contributed by atoms with Crippen molar-refractivity contribution in [2.75, 3.05) is 0 Å². The fourth-order valence-corrected chi connectivity index (χ4v) is 2.96. The number of hydrogen-bond donors (Lipinski definition) is 0. The van der Waals surface area contributed by atoms with Gasteiger partial charge < -0.3 is 0 Å². The third-order valence-corrected chi connectivity index (χ3v) is 4.23. The van der Waals surface area contributed by atoms with Crippen LogP contribution in [0.2, 0.25) is 0 Å². The zero-order valence-electron chi connectivity index (χ0n) is 14.6. The standard InChI is InChI=1S/C12H8N2.C12H10.Ru/c1-3-9-5-6-11-10(4-2-7-13-11)12(9)14-8-1;1-3-7-11(8-4-1)12-9-5-2-6-10-12;/h1-8H;1-10H;. The van der Waals surface area contributed by atoms with Gasteiger partial charge in [0.05, 0.1) is 11.0 Å². The molecule has 0 fully saturated rings. The molecule has 0 atom stereocenters. The molecule has 2 aromatic heterocycles. The molecule has 0 amide bonds. The summed E-state index contributed by atoms with van der Waals surface area (Å²) >= 11 is 0. The zero-order chi connectivity index (χ0) is 17.6. The maximum Gasteiger partial charge on any atom is 0.0795 e. The van der Waals surface area contributed by atoms with Gasteiger partial charge in [-0.2, -0.15) is 0 Å². The fourth-order valence-electron chi connectivity index (χ4n) is 2.96. The summed E-state index contributed by atoms with van der Waals surface area (Å²) in [5.74, 6) is 0. The second kappa shape index (κ2) is 9.16. The van der Waals surface area contributed by atoms with Gasteiger partial charge in [0.15, 0.2) is 0 Å². The molecule has 0 aliphatic carbocycles. The quantitative estimate of drug-likeness (QED) is 0.234. The summed E-state index contributed by atoms with van der Waals surface area (Å²) in [4.78, 5) is 8.66. The Balaban J connectivity index is 0.000000152. The Hall–Kier alpha value is -2.90. The van der Waals surface area contributed by atoms with Crippen LogP contribution in [0.1, 0.15) is 0 Å². The number of rotatable bonds is 1. The molecule has 3 heteroatoms. The molecule has 132 valence electrons. The average molecular weight is 435 g/mol. The van der Waals surface area contributed by atoms with E-state index in [1.807, 2.05) is 36.5 Å². The minimum absolute atomic E-state index is 0. The molecule has 0 N–H and O–H groups in total. The summed E-state index contributed by atoms with van der Waals surface area (Å²) in [6, 6.07) is 32.9. The molecule has 0 spiro atoms. The van der Waals surface area contributed by atoms with Gasteiger partial charge >= 0.3 is 0 Å². The van der Waals surface area contributed by atoms with Crippen molar-refractivity contribution in [3.8, 4) is 11.1 Å². The summed E-state index contributed by atoms with van der Waals surface area (Å²) in [6.07, 6.45) is 3.62. The van der Waals surface area contributed by atoms with Crippen LogP contribution in [0.3, 0.4) is 0 Å². The van der Waals surface area contributed by atoms with Crippen molar-refractivity contribution in [3.05, 3.63) is 109 Å². The predicted octanol–water partition coefficient (Wildman–Crippen LogP) is 6.13. The van der Waals surface area contributed by atoms with Crippen molar-refractivity contribution in [1.82, 2.24) is 9.97 Å². The van der Waals surface area contributed by atoms with E-state index < -0.39 is 0 Å². The molecule has 0 saturated heterocycles. The second-order valence-electron chi connectivity index (χ2n) is 5.94. The van der Waals surface area contributed by atoms with Gasteiger partial charge in [-0.15, -0.1) is 0 Å². The maximum absolute atomic E-state index is 4.37. The van der Waals surface area contributed by atoms with Crippen LogP contribution in [0.25, 0.3) is 32.9 Å². The van der Waals surface area contributed by atoms with E-state index in [1.54, 1.807) is 6.20 Å². The van der Waals surface area contributed by atoms with Gasteiger partial charge in [-0.05, 0) is 35.4 Å². The molecule has 0 saturated carbocycles. The van der Waals surface area contributed by atoms with E-state index in [9.17, 15) is 0 Å². The van der Waals surface area contributed by atoms with Crippen LogP contribution < -0.4 is 0 Å². The van der Waals surface area contributed by atoms with Gasteiger partial charge in [0.25, 0.3) is 0 Å². The molecular weight excluding hydrogens is 417 g/mol. The van der Waals surface area contributed by atoms with Crippen molar-refractivity contribution in [2.24, 2.45) is 0 Å². The first kappa shape index (κ1) is 18.9. The molecule has 27 heavy (non-hydrogen) atoms. The van der Waals surface area contributed by atoms with E-state index in [0.29, 0.717) is 0 Å². The largest absolute Gasteiger partial charge is 0.256 e. The molecule has 2 heterocycles. The zero-order valence-corrected chi connectivity index (χ0v) is 16.4. The van der Waals surface area contributed by atoms with Gasteiger partial charge in [0, 0.05) is 42.6 Å². The van der Waals surface area contributed by atoms with Gasteiger partial charge in [-0.1, -0.05) is 72.8 Å². The predicted molar refractivity (Wildman–Crippen MR) is 109 cm³/mol. The van der Waals surface area contributed by atoms with Crippen molar-refractivity contribution in [3.63, 3.8) is 0 Å². The molecule has 0 unspecified atom stereocenters. The fraction of sp³-hybridized carbons (Fsp3) is 0. The molecule has 5 rings (SSSR count). The Kier molecular flexibility index (Phi) is 6.41. The van der Waals surface area contributed by atoms with Crippen LogP contribution in [-0.4, -0.2) is 9.97 Å². The SMILES string of the molecule is [Ru].c1ccc(-c2ccccc2)cc1.c1cnc2c(c1)ccc1ncccc12. The number of benzene rings is 3. The van der Waals surface area contributed by atoms with Crippen LogP contribution >= 0.6 is 0 Å².